The van der Waals surface area contributed by atoms with Gasteiger partial charge in [0.15, 0.2) is 11.6 Å². The Bertz CT molecular complexity index is 799. The normalized spacial score (nSPS) is 15.7. The van der Waals surface area contributed by atoms with Gasteiger partial charge >= 0.3 is 12.3 Å². The molecule has 0 bridgehead atoms. The van der Waals surface area contributed by atoms with Gasteiger partial charge in [0, 0.05) is 11.8 Å². The van der Waals surface area contributed by atoms with Crippen LogP contribution in [0.2, 0.25) is 0 Å². The largest absolute Gasteiger partial charge is 0.674 e. The standard InChI is InChI=1S/C9H9NO3.C8H6F4NO/c11-9(12)7-3-5-13-8-6(7)2-1-4-10-8;9-6-3-5(4-13)1-2-7(6)14-8(10,11)12/h1-2,4,7H,3,5H2,(H,11,12);1-3,13H,4H2/q;-1. The quantitative estimate of drug-likeness (QED) is 0.793. The summed E-state index contributed by atoms with van der Waals surface area (Å²) in [7, 11) is 0. The summed E-state index contributed by atoms with van der Waals surface area (Å²) in [4.78, 5) is 14.8. The van der Waals surface area contributed by atoms with Gasteiger partial charge in [-0.25, -0.2) is 9.37 Å². The second-order valence-corrected chi connectivity index (χ2v) is 5.42. The lowest BCUT2D eigenvalue weighted by atomic mass is 9.96. The van der Waals surface area contributed by atoms with Crippen molar-refractivity contribution >= 4 is 5.97 Å². The van der Waals surface area contributed by atoms with Crippen LogP contribution in [0.1, 0.15) is 23.5 Å². The fourth-order valence-corrected chi connectivity index (χ4v) is 2.34. The van der Waals surface area contributed by atoms with Gasteiger partial charge in [-0.3, -0.25) is 4.79 Å². The van der Waals surface area contributed by atoms with Gasteiger partial charge in [-0.2, -0.15) is 0 Å². The lowest BCUT2D eigenvalue weighted by molar-refractivity contribution is -0.275. The molecule has 27 heavy (non-hydrogen) atoms. The molecule has 146 valence electrons. The number of rotatable bonds is 3. The molecule has 0 aliphatic carbocycles. The average molecular weight is 387 g/mol. The molecule has 3 rings (SSSR count). The molecule has 1 unspecified atom stereocenters. The number of pyridine rings is 1. The summed E-state index contributed by atoms with van der Waals surface area (Å²) >= 11 is 0. The van der Waals surface area contributed by atoms with Crippen LogP contribution in [0.5, 0.6) is 11.6 Å². The van der Waals surface area contributed by atoms with Crippen LogP contribution in [0, 0.1) is 5.82 Å². The summed E-state index contributed by atoms with van der Waals surface area (Å²) < 4.78 is 56.5. The SMILES string of the molecule is O=C(O)C1CCOc2ncccc21.[NH-]Cc1ccc(OC(F)(F)F)c(F)c1. The molecule has 0 saturated heterocycles. The summed E-state index contributed by atoms with van der Waals surface area (Å²) in [6, 6.07) is 6.38. The molecule has 6 nitrogen and oxygen atoms in total. The lowest BCUT2D eigenvalue weighted by Gasteiger charge is -2.21. The van der Waals surface area contributed by atoms with E-state index in [4.69, 9.17) is 15.6 Å². The number of hydrogen-bond donors (Lipinski definition) is 1. The topological polar surface area (TPSA) is 92.5 Å². The lowest BCUT2D eigenvalue weighted by Crippen LogP contribution is -2.21. The molecule has 0 saturated carbocycles. The highest BCUT2D eigenvalue weighted by Crippen LogP contribution is 2.31. The average Bonchev–Trinajstić information content (AvgIpc) is 2.62. The minimum absolute atomic E-state index is 0.191. The maximum atomic E-state index is 12.9. The molecule has 10 heteroatoms. The van der Waals surface area contributed by atoms with Gasteiger partial charge in [-0.05, 0) is 24.6 Å². The van der Waals surface area contributed by atoms with Crippen molar-refractivity contribution in [2.75, 3.05) is 6.61 Å². The van der Waals surface area contributed by atoms with Gasteiger partial charge < -0.3 is 20.3 Å². The molecule has 0 spiro atoms. The van der Waals surface area contributed by atoms with Crippen molar-refractivity contribution in [2.45, 2.75) is 25.2 Å². The van der Waals surface area contributed by atoms with E-state index in [1.54, 1.807) is 18.3 Å². The Morgan fingerprint density at radius 2 is 2.11 bits per heavy atom. The first-order valence-corrected chi connectivity index (χ1v) is 7.70. The Balaban J connectivity index is 0.000000194. The zero-order valence-electron chi connectivity index (χ0n) is 13.8. The third-order valence-corrected chi connectivity index (χ3v) is 3.55. The number of benzene rings is 1. The first-order valence-electron chi connectivity index (χ1n) is 7.70. The van der Waals surface area contributed by atoms with Gasteiger partial charge in [-0.15, -0.1) is 19.7 Å². The van der Waals surface area contributed by atoms with Crippen molar-refractivity contribution in [3.05, 3.63) is 59.2 Å². The Morgan fingerprint density at radius 3 is 2.70 bits per heavy atom. The number of nitrogens with one attached hydrogen (secondary N) is 1. The molecule has 1 aromatic heterocycles. The number of carboxylic acid groups (broad SMARTS) is 1. The summed E-state index contributed by atoms with van der Waals surface area (Å²) in [5.74, 6) is -2.81. The number of fused-ring (bicyclic) bond motifs is 1. The first kappa shape index (κ1) is 20.4. The zero-order valence-corrected chi connectivity index (χ0v) is 13.8. The predicted octanol–water partition coefficient (Wildman–Crippen LogP) is 4.31. The van der Waals surface area contributed by atoms with E-state index in [1.807, 2.05) is 0 Å². The molecule has 1 atom stereocenters. The van der Waals surface area contributed by atoms with Crippen LogP contribution >= 0.6 is 0 Å². The first-order chi connectivity index (χ1) is 12.7. The van der Waals surface area contributed by atoms with Crippen molar-refractivity contribution in [1.82, 2.24) is 4.98 Å². The molecular formula is C17H15F4N2O4-. The maximum absolute atomic E-state index is 12.9. The summed E-state index contributed by atoms with van der Waals surface area (Å²) in [6.45, 7) is 0.240. The summed E-state index contributed by atoms with van der Waals surface area (Å²) in [5.41, 5.74) is 7.83. The fraction of sp³-hybridized carbons (Fsp3) is 0.294. The molecule has 0 fully saturated rings. The second-order valence-electron chi connectivity index (χ2n) is 5.42. The number of hydrogen-bond acceptors (Lipinski definition) is 4. The van der Waals surface area contributed by atoms with E-state index in [2.05, 4.69) is 9.72 Å². The fourth-order valence-electron chi connectivity index (χ4n) is 2.34. The highest BCUT2D eigenvalue weighted by atomic mass is 19.4. The Kier molecular flexibility index (Phi) is 6.56. The van der Waals surface area contributed by atoms with Crippen LogP contribution in [-0.4, -0.2) is 29.0 Å². The maximum Gasteiger partial charge on any atom is 0.573 e. The molecule has 0 amide bonds. The van der Waals surface area contributed by atoms with Crippen LogP contribution in [0.3, 0.4) is 0 Å². The Hall–Kier alpha value is -2.88. The third-order valence-electron chi connectivity index (χ3n) is 3.55. The third kappa shape index (κ3) is 5.81. The highest BCUT2D eigenvalue weighted by Gasteiger charge is 2.32. The molecule has 2 N–H and O–H groups in total. The molecule has 1 aliphatic heterocycles. The number of aliphatic carboxylic acids is 1. The van der Waals surface area contributed by atoms with Gasteiger partial charge in [0.05, 0.1) is 12.5 Å². The smallest absolute Gasteiger partial charge is 0.573 e. The van der Waals surface area contributed by atoms with E-state index in [-0.39, 0.29) is 12.1 Å². The van der Waals surface area contributed by atoms with Crippen LogP contribution in [0.15, 0.2) is 36.5 Å². The van der Waals surface area contributed by atoms with E-state index in [1.165, 1.54) is 6.07 Å². The van der Waals surface area contributed by atoms with Gasteiger partial charge in [0.25, 0.3) is 0 Å². The van der Waals surface area contributed by atoms with Crippen LogP contribution in [-0.2, 0) is 11.3 Å². The summed E-state index contributed by atoms with van der Waals surface area (Å²) in [6.07, 6.45) is -2.78. The molecule has 0 radical (unpaired) electrons. The number of carboxylic acids is 1. The monoisotopic (exact) mass is 387 g/mol. The number of alkyl halides is 3. The molecule has 1 aliphatic rings. The van der Waals surface area contributed by atoms with Crippen LogP contribution in [0.25, 0.3) is 5.73 Å². The summed E-state index contributed by atoms with van der Waals surface area (Å²) in [5, 5.41) is 8.90. The van der Waals surface area contributed by atoms with E-state index >= 15 is 0 Å². The van der Waals surface area contributed by atoms with Crippen molar-refractivity contribution in [1.29, 1.82) is 0 Å². The van der Waals surface area contributed by atoms with Gasteiger partial charge in [0.1, 0.15) is 0 Å². The highest BCUT2D eigenvalue weighted by molar-refractivity contribution is 5.77. The Labute approximate surface area is 151 Å². The molecular weight excluding hydrogens is 372 g/mol. The van der Waals surface area contributed by atoms with E-state index in [0.29, 0.717) is 24.5 Å². The molecule has 2 heterocycles. The van der Waals surface area contributed by atoms with Gasteiger partial charge in [-0.1, -0.05) is 17.7 Å². The Morgan fingerprint density at radius 1 is 1.37 bits per heavy atom. The van der Waals surface area contributed by atoms with Crippen molar-refractivity contribution in [2.24, 2.45) is 0 Å². The minimum atomic E-state index is -4.90. The van der Waals surface area contributed by atoms with Crippen molar-refractivity contribution in [3.63, 3.8) is 0 Å². The number of carbonyl (C=O) groups is 1. The van der Waals surface area contributed by atoms with E-state index in [0.717, 1.165) is 12.1 Å². The van der Waals surface area contributed by atoms with Crippen molar-refractivity contribution in [3.8, 4) is 11.6 Å². The van der Waals surface area contributed by atoms with E-state index in [9.17, 15) is 22.4 Å². The van der Waals surface area contributed by atoms with Gasteiger partial charge in [0.2, 0.25) is 5.88 Å². The van der Waals surface area contributed by atoms with Crippen LogP contribution < -0.4 is 9.47 Å². The number of halogens is 4. The van der Waals surface area contributed by atoms with Crippen molar-refractivity contribution < 1.29 is 36.9 Å². The predicted molar refractivity (Wildman–Crippen MR) is 85.8 cm³/mol. The minimum Gasteiger partial charge on any atom is -0.674 e. The number of ether oxygens (including phenoxy) is 2. The molecule has 1 aromatic carbocycles. The van der Waals surface area contributed by atoms with E-state index < -0.39 is 29.8 Å². The number of aromatic nitrogens is 1. The van der Waals surface area contributed by atoms with Crippen LogP contribution in [0.4, 0.5) is 17.6 Å². The number of nitrogens with zero attached hydrogens (tertiary/aromatic N) is 1. The zero-order chi connectivity index (χ0) is 20.0. The molecule has 2 aromatic rings. The second kappa shape index (κ2) is 8.67.